The lowest BCUT2D eigenvalue weighted by Crippen LogP contribution is -2.37. The molecule has 2 atom stereocenters. The summed E-state index contributed by atoms with van der Waals surface area (Å²) < 4.78 is 11.6. The Balaban J connectivity index is 5.14. The molecule has 0 aliphatic heterocycles. The van der Waals surface area contributed by atoms with Gasteiger partial charge in [-0.1, -0.05) is 228 Å². The highest BCUT2D eigenvalue weighted by Gasteiger charge is 2.19. The molecule has 0 saturated carbocycles. The predicted octanol–water partition coefficient (Wildman–Crippen LogP) is 18.5. The molecule has 8 nitrogen and oxygen atoms in total. The van der Waals surface area contributed by atoms with Crippen LogP contribution in [0.25, 0.3) is 0 Å². The smallest absolute Gasteiger partial charge is 0.305 e. The Kier molecular flexibility index (Phi) is 54.3. The number of aliphatic hydroxyl groups is 1. The number of carbonyl (C=O) groups excluding carboxylic acids is 3. The summed E-state index contributed by atoms with van der Waals surface area (Å²) in [5.41, 5.74) is 0. The molecule has 0 heterocycles. The first-order chi connectivity index (χ1) is 35.3. The topological polar surface area (TPSA) is 96.4 Å². The minimum Gasteiger partial charge on any atom is -0.465 e. The number of unbranched alkanes of at least 4 members (excludes halogenated alkanes) is 26. The molecule has 0 rings (SSSR count). The number of rotatable bonds is 58. The van der Waals surface area contributed by atoms with Crippen LogP contribution in [0.2, 0.25) is 0 Å². The van der Waals surface area contributed by atoms with Gasteiger partial charge in [0.15, 0.2) is 0 Å². The van der Waals surface area contributed by atoms with E-state index in [2.05, 4.69) is 51.3 Å². The highest BCUT2D eigenvalue weighted by molar-refractivity contribution is 5.76. The van der Waals surface area contributed by atoms with Gasteiger partial charge in [-0.25, -0.2) is 0 Å². The third-order valence-electron chi connectivity index (χ3n) is 15.5. The minimum absolute atomic E-state index is 0.00498. The van der Waals surface area contributed by atoms with Gasteiger partial charge in [0.25, 0.3) is 0 Å². The van der Waals surface area contributed by atoms with Crippen LogP contribution in [0.4, 0.5) is 0 Å². The Labute approximate surface area is 449 Å². The number of nitrogens with zero attached hydrogens (tertiary/aromatic N) is 2. The van der Waals surface area contributed by atoms with Crippen molar-refractivity contribution in [2.45, 2.75) is 337 Å². The maximum Gasteiger partial charge on any atom is 0.305 e. The van der Waals surface area contributed by atoms with Crippen molar-refractivity contribution in [2.75, 3.05) is 46.0 Å². The second-order valence-electron chi connectivity index (χ2n) is 22.5. The van der Waals surface area contributed by atoms with E-state index in [1.807, 2.05) is 0 Å². The quantitative estimate of drug-likeness (QED) is 0.0479. The minimum atomic E-state index is -0.00498. The molecule has 0 spiro atoms. The van der Waals surface area contributed by atoms with Crippen molar-refractivity contribution in [3.63, 3.8) is 0 Å². The number of ether oxygens (including phenoxy) is 2. The Bertz CT molecular complexity index is 1080. The molecule has 1 amide bonds. The zero-order chi connectivity index (χ0) is 52.8. The van der Waals surface area contributed by atoms with E-state index in [1.54, 1.807) is 0 Å². The molecule has 0 bridgehead atoms. The molecule has 8 heteroatoms. The van der Waals surface area contributed by atoms with Crippen molar-refractivity contribution >= 4 is 17.8 Å². The lowest BCUT2D eigenvalue weighted by Gasteiger charge is -2.32. The fraction of sp³-hybridized carbons (Fsp3) is 0.953. The molecule has 2 unspecified atom stereocenters. The summed E-state index contributed by atoms with van der Waals surface area (Å²) in [4.78, 5) is 43.6. The van der Waals surface area contributed by atoms with Crippen molar-refractivity contribution in [3.8, 4) is 0 Å². The Morgan fingerprint density at radius 2 is 0.667 bits per heavy atom. The number of amides is 1. The van der Waals surface area contributed by atoms with Crippen LogP contribution in [-0.4, -0.2) is 84.8 Å². The van der Waals surface area contributed by atoms with Gasteiger partial charge in [-0.3, -0.25) is 14.4 Å². The Hall–Kier alpha value is -1.67. The highest BCUT2D eigenvalue weighted by atomic mass is 16.5. The normalized spacial score (nSPS) is 12.9. The summed E-state index contributed by atoms with van der Waals surface area (Å²) in [7, 11) is 0. The first-order valence-electron chi connectivity index (χ1n) is 32.2. The summed E-state index contributed by atoms with van der Waals surface area (Å²) in [5, 5.41) is 9.94. The van der Waals surface area contributed by atoms with E-state index in [1.165, 1.54) is 205 Å². The van der Waals surface area contributed by atoms with Gasteiger partial charge in [0, 0.05) is 51.5 Å². The summed E-state index contributed by atoms with van der Waals surface area (Å²) in [5.74, 6) is 1.39. The van der Waals surface area contributed by atoms with Crippen molar-refractivity contribution < 1.29 is 29.0 Å². The summed E-state index contributed by atoms with van der Waals surface area (Å²) in [6.07, 6.45) is 51.2. The van der Waals surface area contributed by atoms with Gasteiger partial charge in [-0.05, 0) is 102 Å². The molecule has 0 fully saturated rings. The fourth-order valence-electron chi connectivity index (χ4n) is 10.6. The summed E-state index contributed by atoms with van der Waals surface area (Å²) in [6.45, 7) is 18.8. The van der Waals surface area contributed by atoms with Crippen molar-refractivity contribution in [1.82, 2.24) is 9.80 Å². The average Bonchev–Trinajstić information content (AvgIpc) is 3.38. The van der Waals surface area contributed by atoms with Crippen molar-refractivity contribution in [3.05, 3.63) is 0 Å². The lowest BCUT2D eigenvalue weighted by atomic mass is 9.96. The van der Waals surface area contributed by atoms with Gasteiger partial charge in [-0.2, -0.15) is 0 Å². The van der Waals surface area contributed by atoms with Crippen LogP contribution < -0.4 is 0 Å². The Morgan fingerprint density at radius 3 is 1.10 bits per heavy atom. The molecule has 0 radical (unpaired) electrons. The SMILES string of the molecule is CCCCCCC(CCCC)COC(=O)CCCCCCCCC(CCCCCCCCC(=O)OCC(CCCC)CCCCCC)N(CCCO)CCCCCC(=O)N(CCCCCC)CCCCCC. The molecular formula is C64H126N2O6. The van der Waals surface area contributed by atoms with Crippen LogP contribution in [0.15, 0.2) is 0 Å². The van der Waals surface area contributed by atoms with Crippen molar-refractivity contribution in [1.29, 1.82) is 0 Å². The van der Waals surface area contributed by atoms with E-state index in [4.69, 9.17) is 9.47 Å². The first-order valence-corrected chi connectivity index (χ1v) is 32.2. The van der Waals surface area contributed by atoms with Crippen LogP contribution in [0.3, 0.4) is 0 Å². The summed E-state index contributed by atoms with van der Waals surface area (Å²) >= 11 is 0. The van der Waals surface area contributed by atoms with E-state index in [0.29, 0.717) is 56.3 Å². The standard InChI is InChI=1S/C64H126N2O6/c1-7-13-19-32-45-59(43-17-11-5)57-71-63(69)50-37-29-25-23-27-34-47-61(48-35-28-24-26-30-38-51-64(70)72-58-60(44-18-12-6)46-33-20-14-8-2)65(55-42-56-67)52-41-31-36-49-62(68)66(53-39-21-15-9-3)54-40-22-16-10-4/h59-61,67H,7-58H2,1-6H3. The molecule has 0 aromatic rings. The van der Waals surface area contributed by atoms with E-state index in [-0.39, 0.29) is 18.5 Å². The van der Waals surface area contributed by atoms with E-state index in [9.17, 15) is 19.5 Å². The maximum atomic E-state index is 13.4. The van der Waals surface area contributed by atoms with E-state index >= 15 is 0 Å². The molecule has 0 aromatic carbocycles. The number of esters is 2. The van der Waals surface area contributed by atoms with Crippen LogP contribution in [0.5, 0.6) is 0 Å². The fourth-order valence-corrected chi connectivity index (χ4v) is 10.6. The number of aliphatic hydroxyl groups excluding tert-OH is 1. The predicted molar refractivity (Wildman–Crippen MR) is 310 cm³/mol. The maximum absolute atomic E-state index is 13.4. The summed E-state index contributed by atoms with van der Waals surface area (Å²) in [6, 6.07) is 0.519. The average molecular weight is 1020 g/mol. The molecule has 0 aliphatic carbocycles. The third-order valence-corrected chi connectivity index (χ3v) is 15.5. The molecule has 0 saturated heterocycles. The molecule has 0 aromatic heterocycles. The van der Waals surface area contributed by atoms with Gasteiger partial charge in [0.1, 0.15) is 0 Å². The molecule has 428 valence electrons. The second-order valence-corrected chi connectivity index (χ2v) is 22.5. The van der Waals surface area contributed by atoms with Crippen LogP contribution >= 0.6 is 0 Å². The second kappa shape index (κ2) is 55.6. The molecule has 0 aliphatic rings. The van der Waals surface area contributed by atoms with Gasteiger partial charge < -0.3 is 24.4 Å². The van der Waals surface area contributed by atoms with Crippen LogP contribution in [0, 0.1) is 11.8 Å². The van der Waals surface area contributed by atoms with Crippen LogP contribution in [-0.2, 0) is 23.9 Å². The highest BCUT2D eigenvalue weighted by Crippen LogP contribution is 2.23. The Morgan fingerprint density at radius 1 is 0.347 bits per heavy atom. The number of hydrogen-bond donors (Lipinski definition) is 1. The van der Waals surface area contributed by atoms with Crippen molar-refractivity contribution in [2.24, 2.45) is 11.8 Å². The zero-order valence-electron chi connectivity index (χ0n) is 49.4. The van der Waals surface area contributed by atoms with Gasteiger partial charge in [-0.15, -0.1) is 0 Å². The number of carbonyl (C=O) groups is 3. The molecular weight excluding hydrogens is 893 g/mol. The van der Waals surface area contributed by atoms with Gasteiger partial charge in [0.05, 0.1) is 13.2 Å². The lowest BCUT2D eigenvalue weighted by molar-refractivity contribution is -0.146. The van der Waals surface area contributed by atoms with Crippen LogP contribution in [0.1, 0.15) is 330 Å². The van der Waals surface area contributed by atoms with E-state index in [0.717, 1.165) is 90.4 Å². The third kappa shape index (κ3) is 45.7. The van der Waals surface area contributed by atoms with E-state index < -0.39 is 0 Å². The monoisotopic (exact) mass is 1020 g/mol. The molecule has 72 heavy (non-hydrogen) atoms. The zero-order valence-corrected chi connectivity index (χ0v) is 49.4. The van der Waals surface area contributed by atoms with Gasteiger partial charge in [0.2, 0.25) is 5.91 Å². The van der Waals surface area contributed by atoms with Gasteiger partial charge >= 0.3 is 11.9 Å². The largest absolute Gasteiger partial charge is 0.465 e. The number of hydrogen-bond acceptors (Lipinski definition) is 7. The first kappa shape index (κ1) is 70.3. The molecule has 1 N–H and O–H groups in total.